The number of rotatable bonds is 7. The standard InChI is InChI=1S/C35H25F3N8O2/c36-35(37,38)29-19-30(47)46(44-29)25-9-4-8-23(18-25)34(48)41-20-21-11-13-24(14-12-21)45-32(26-10-5-17-40-31(26)39)43-28-16-15-27(42-33(28)45)22-6-2-1-3-7-22/h1-19,47H,20H2,(H2,39,40)(H,41,48). The summed E-state index contributed by atoms with van der Waals surface area (Å²) in [5.41, 5.74) is 10.5. The van der Waals surface area contributed by atoms with Gasteiger partial charge in [0.25, 0.3) is 5.91 Å². The maximum atomic E-state index is 13.1. The fourth-order valence-electron chi connectivity index (χ4n) is 5.28. The molecule has 4 N–H and O–H groups in total. The molecular formula is C35H25F3N8O2. The molecule has 4 heterocycles. The lowest BCUT2D eigenvalue weighted by Crippen LogP contribution is -2.23. The van der Waals surface area contributed by atoms with Crippen molar-refractivity contribution >= 4 is 22.9 Å². The smallest absolute Gasteiger partial charge is 0.435 e. The van der Waals surface area contributed by atoms with Gasteiger partial charge in [0.05, 0.1) is 16.9 Å². The van der Waals surface area contributed by atoms with Gasteiger partial charge in [0, 0.05) is 35.6 Å². The van der Waals surface area contributed by atoms with E-state index in [0.29, 0.717) is 34.4 Å². The van der Waals surface area contributed by atoms with E-state index in [2.05, 4.69) is 15.4 Å². The molecule has 0 aliphatic rings. The summed E-state index contributed by atoms with van der Waals surface area (Å²) in [7, 11) is 0. The minimum Gasteiger partial charge on any atom is -0.493 e. The Morgan fingerprint density at radius 1 is 0.854 bits per heavy atom. The van der Waals surface area contributed by atoms with E-state index in [9.17, 15) is 23.1 Å². The molecule has 0 bridgehead atoms. The maximum Gasteiger partial charge on any atom is 0.435 e. The Bertz CT molecular complexity index is 2280. The molecule has 0 atom stereocenters. The van der Waals surface area contributed by atoms with Crippen LogP contribution in [0.4, 0.5) is 19.0 Å². The number of aromatic hydroxyl groups is 1. The summed E-state index contributed by atoms with van der Waals surface area (Å²) in [4.78, 5) is 27.1. The zero-order valence-corrected chi connectivity index (χ0v) is 24.9. The Kier molecular flexibility index (Phi) is 7.56. The van der Waals surface area contributed by atoms with Gasteiger partial charge in [-0.2, -0.15) is 18.3 Å². The highest BCUT2D eigenvalue weighted by Gasteiger charge is 2.35. The van der Waals surface area contributed by atoms with Crippen molar-refractivity contribution in [1.82, 2.24) is 34.6 Å². The number of hydrogen-bond acceptors (Lipinski definition) is 7. The highest BCUT2D eigenvalue weighted by Crippen LogP contribution is 2.33. The SMILES string of the molecule is Nc1ncccc1-c1nc2ccc(-c3ccccc3)nc2n1-c1ccc(CNC(=O)c2cccc(-n3nc(C(F)(F)F)cc3O)c2)cc1. The molecule has 4 aromatic heterocycles. The molecule has 0 spiro atoms. The van der Waals surface area contributed by atoms with Gasteiger partial charge in [-0.05, 0) is 60.2 Å². The van der Waals surface area contributed by atoms with Crippen LogP contribution in [-0.4, -0.2) is 40.3 Å². The lowest BCUT2D eigenvalue weighted by Gasteiger charge is -2.12. The number of nitrogens with one attached hydrogen (secondary N) is 1. The number of carbonyl (C=O) groups is 1. The van der Waals surface area contributed by atoms with E-state index in [1.165, 1.54) is 24.3 Å². The second-order valence-corrected chi connectivity index (χ2v) is 10.8. The molecule has 13 heteroatoms. The molecule has 7 rings (SSSR count). The highest BCUT2D eigenvalue weighted by molar-refractivity contribution is 5.94. The number of halogens is 3. The molecule has 0 radical (unpaired) electrons. The molecule has 48 heavy (non-hydrogen) atoms. The normalized spacial score (nSPS) is 11.6. The van der Waals surface area contributed by atoms with Crippen LogP contribution in [0.2, 0.25) is 0 Å². The monoisotopic (exact) mass is 646 g/mol. The van der Waals surface area contributed by atoms with Crippen LogP contribution in [-0.2, 0) is 12.7 Å². The highest BCUT2D eigenvalue weighted by atomic mass is 19.4. The van der Waals surface area contributed by atoms with E-state index in [0.717, 1.165) is 27.2 Å². The van der Waals surface area contributed by atoms with Crippen molar-refractivity contribution < 1.29 is 23.1 Å². The third-order valence-electron chi connectivity index (χ3n) is 7.63. The Hall–Kier alpha value is -6.50. The van der Waals surface area contributed by atoms with Gasteiger partial charge in [0.1, 0.15) is 11.3 Å². The Balaban J connectivity index is 1.16. The van der Waals surface area contributed by atoms with E-state index in [-0.39, 0.29) is 17.8 Å². The number of nitrogen functional groups attached to an aromatic ring is 1. The molecule has 238 valence electrons. The maximum absolute atomic E-state index is 13.1. The van der Waals surface area contributed by atoms with Crippen molar-refractivity contribution in [3.8, 4) is 39.9 Å². The van der Waals surface area contributed by atoms with Gasteiger partial charge in [0.2, 0.25) is 5.88 Å². The first-order valence-electron chi connectivity index (χ1n) is 14.7. The number of hydrogen-bond donors (Lipinski definition) is 3. The van der Waals surface area contributed by atoms with Gasteiger partial charge in [-0.3, -0.25) is 9.36 Å². The van der Waals surface area contributed by atoms with E-state index < -0.39 is 23.7 Å². The predicted molar refractivity (Wildman–Crippen MR) is 173 cm³/mol. The first kappa shape index (κ1) is 30.2. The third-order valence-corrected chi connectivity index (χ3v) is 7.63. The minimum absolute atomic E-state index is 0.0987. The fourth-order valence-corrected chi connectivity index (χ4v) is 5.28. The Morgan fingerprint density at radius 2 is 1.65 bits per heavy atom. The van der Waals surface area contributed by atoms with Gasteiger partial charge in [-0.1, -0.05) is 48.5 Å². The lowest BCUT2D eigenvalue weighted by atomic mass is 10.1. The lowest BCUT2D eigenvalue weighted by molar-refractivity contribution is -0.141. The average Bonchev–Trinajstić information content (AvgIpc) is 3.69. The number of pyridine rings is 2. The summed E-state index contributed by atoms with van der Waals surface area (Å²) >= 11 is 0. The number of carbonyl (C=O) groups excluding carboxylic acids is 1. The number of benzene rings is 3. The molecule has 10 nitrogen and oxygen atoms in total. The summed E-state index contributed by atoms with van der Waals surface area (Å²) in [6, 6.07) is 31.1. The van der Waals surface area contributed by atoms with Crippen LogP contribution in [0, 0.1) is 0 Å². The summed E-state index contributed by atoms with van der Waals surface area (Å²) in [6.07, 6.45) is -3.12. The topological polar surface area (TPSA) is 137 Å². The first-order valence-corrected chi connectivity index (χ1v) is 14.7. The molecule has 0 aliphatic heterocycles. The van der Waals surface area contributed by atoms with Crippen molar-refractivity contribution in [2.45, 2.75) is 12.7 Å². The number of imidazole rings is 1. The van der Waals surface area contributed by atoms with Crippen molar-refractivity contribution in [2.75, 3.05) is 5.73 Å². The molecule has 0 aliphatic carbocycles. The average molecular weight is 647 g/mol. The second kappa shape index (κ2) is 12.0. The van der Waals surface area contributed by atoms with Crippen molar-refractivity contribution in [3.05, 3.63) is 132 Å². The second-order valence-electron chi connectivity index (χ2n) is 10.8. The molecule has 3 aromatic carbocycles. The van der Waals surface area contributed by atoms with Crippen LogP contribution in [0.3, 0.4) is 0 Å². The van der Waals surface area contributed by atoms with Crippen molar-refractivity contribution in [3.63, 3.8) is 0 Å². The van der Waals surface area contributed by atoms with E-state index >= 15 is 0 Å². The summed E-state index contributed by atoms with van der Waals surface area (Å²) < 4.78 is 41.8. The van der Waals surface area contributed by atoms with Gasteiger partial charge >= 0.3 is 6.18 Å². The zero-order valence-electron chi connectivity index (χ0n) is 24.9. The fraction of sp³-hybridized carbons (Fsp3) is 0.0571. The summed E-state index contributed by atoms with van der Waals surface area (Å²) in [5, 5.41) is 16.3. The van der Waals surface area contributed by atoms with Gasteiger partial charge in [-0.25, -0.2) is 19.6 Å². The van der Waals surface area contributed by atoms with Crippen LogP contribution >= 0.6 is 0 Å². The largest absolute Gasteiger partial charge is 0.493 e. The molecule has 0 saturated carbocycles. The molecule has 0 saturated heterocycles. The van der Waals surface area contributed by atoms with Crippen LogP contribution in [0.1, 0.15) is 21.6 Å². The van der Waals surface area contributed by atoms with Crippen LogP contribution in [0.15, 0.2) is 115 Å². The molecular weight excluding hydrogens is 621 g/mol. The molecule has 1 amide bonds. The Morgan fingerprint density at radius 3 is 2.38 bits per heavy atom. The predicted octanol–water partition coefficient (Wildman–Crippen LogP) is 6.57. The zero-order chi connectivity index (χ0) is 33.4. The minimum atomic E-state index is -4.73. The van der Waals surface area contributed by atoms with Crippen LogP contribution in [0.25, 0.3) is 45.2 Å². The van der Waals surface area contributed by atoms with E-state index in [1.807, 2.05) is 77.4 Å². The number of amides is 1. The Labute approximate surface area is 271 Å². The van der Waals surface area contributed by atoms with Crippen molar-refractivity contribution in [1.29, 1.82) is 0 Å². The third kappa shape index (κ3) is 5.80. The first-order chi connectivity index (χ1) is 23.2. The van der Waals surface area contributed by atoms with Gasteiger partial charge in [0.15, 0.2) is 17.2 Å². The van der Waals surface area contributed by atoms with Gasteiger partial charge < -0.3 is 16.2 Å². The molecule has 0 fully saturated rings. The van der Waals surface area contributed by atoms with Crippen molar-refractivity contribution in [2.24, 2.45) is 0 Å². The molecule has 0 unspecified atom stereocenters. The number of aromatic nitrogens is 6. The number of anilines is 1. The van der Waals surface area contributed by atoms with E-state index in [4.69, 9.17) is 15.7 Å². The van der Waals surface area contributed by atoms with E-state index in [1.54, 1.807) is 12.3 Å². The summed E-state index contributed by atoms with van der Waals surface area (Å²) in [6.45, 7) is 0.165. The number of nitrogens with two attached hydrogens (primary N) is 1. The number of alkyl halides is 3. The van der Waals surface area contributed by atoms with Gasteiger partial charge in [-0.15, -0.1) is 0 Å². The van der Waals surface area contributed by atoms with Crippen LogP contribution in [0.5, 0.6) is 5.88 Å². The quantitative estimate of drug-likeness (QED) is 0.178. The molecule has 7 aromatic rings. The number of fused-ring (bicyclic) bond motifs is 1. The van der Waals surface area contributed by atoms with Crippen LogP contribution < -0.4 is 11.1 Å². The summed E-state index contributed by atoms with van der Waals surface area (Å²) in [5.74, 6) is -0.271. The number of nitrogens with zero attached hydrogens (tertiary/aromatic N) is 6.